The first-order chi connectivity index (χ1) is 20.6. The summed E-state index contributed by atoms with van der Waals surface area (Å²) in [5, 5.41) is 14.2. The smallest absolute Gasteiger partial charge is 0.475 e. The molecule has 0 bridgehead atoms. The van der Waals surface area contributed by atoms with Crippen molar-refractivity contribution in [3.63, 3.8) is 0 Å². The molecule has 2 N–H and O–H groups in total. The number of fused-ring (bicyclic) bond motifs is 2. The minimum Gasteiger partial charge on any atom is -0.475 e. The average Bonchev–Trinajstić information content (AvgIpc) is 3.43. The van der Waals surface area contributed by atoms with Gasteiger partial charge in [0.05, 0.1) is 23.6 Å². The summed E-state index contributed by atoms with van der Waals surface area (Å²) in [6.45, 7) is 6.52. The number of aliphatic carboxylic acids is 2. The first-order valence-corrected chi connectivity index (χ1v) is 13.1. The van der Waals surface area contributed by atoms with Crippen molar-refractivity contribution in [2.24, 2.45) is 0 Å². The number of halogens is 6. The van der Waals surface area contributed by atoms with Gasteiger partial charge in [-0.1, -0.05) is 37.3 Å². The number of hydrogen-bond acceptors (Lipinski definition) is 7. The van der Waals surface area contributed by atoms with E-state index in [2.05, 4.69) is 50.6 Å². The maximum Gasteiger partial charge on any atom is 0.490 e. The predicted molar refractivity (Wildman–Crippen MR) is 141 cm³/mol. The molecule has 1 fully saturated rings. The number of likely N-dealkylation sites (N-methyl/N-ethyl adjacent to an activating group) is 1. The van der Waals surface area contributed by atoms with Crippen molar-refractivity contribution in [2.75, 3.05) is 26.2 Å². The summed E-state index contributed by atoms with van der Waals surface area (Å²) in [5.74, 6) is -4.41. The molecule has 1 saturated heterocycles. The van der Waals surface area contributed by atoms with Crippen molar-refractivity contribution in [3.8, 4) is 11.3 Å². The normalized spacial score (nSPS) is 16.1. The average molecular weight is 631 g/mol. The van der Waals surface area contributed by atoms with Crippen molar-refractivity contribution < 1.29 is 50.9 Å². The number of benzene rings is 1. The number of alkyl halides is 6. The molecule has 0 unspecified atom stereocenters. The molecule has 0 atom stereocenters. The van der Waals surface area contributed by atoms with Crippen molar-refractivity contribution in [1.29, 1.82) is 0 Å². The van der Waals surface area contributed by atoms with Gasteiger partial charge in [-0.3, -0.25) is 14.7 Å². The third-order valence-electron chi connectivity index (χ3n) is 7.07. The van der Waals surface area contributed by atoms with Gasteiger partial charge in [0.2, 0.25) is 0 Å². The second-order valence-electron chi connectivity index (χ2n) is 9.58. The number of piperidine rings is 1. The Morgan fingerprint density at radius 1 is 0.841 bits per heavy atom. The summed E-state index contributed by atoms with van der Waals surface area (Å²) in [5.41, 5.74) is 2.67. The molecular formula is C27H28F6N6O5. The fourth-order valence-corrected chi connectivity index (χ4v) is 5.04. The number of likely N-dealkylation sites (tertiary alicyclic amines) is 1. The van der Waals surface area contributed by atoms with Crippen LogP contribution in [0.3, 0.4) is 0 Å². The maximum absolute atomic E-state index is 12.8. The number of amides is 1. The van der Waals surface area contributed by atoms with Gasteiger partial charge in [-0.15, -0.1) is 0 Å². The van der Waals surface area contributed by atoms with Crippen molar-refractivity contribution in [2.45, 2.75) is 44.2 Å². The van der Waals surface area contributed by atoms with Crippen LogP contribution in [0.2, 0.25) is 0 Å². The molecule has 238 valence electrons. The van der Waals surface area contributed by atoms with E-state index < -0.39 is 24.3 Å². The lowest BCUT2D eigenvalue weighted by Crippen LogP contribution is -2.58. The molecule has 44 heavy (non-hydrogen) atoms. The van der Waals surface area contributed by atoms with Crippen LogP contribution in [0.5, 0.6) is 0 Å². The van der Waals surface area contributed by atoms with Gasteiger partial charge in [-0.25, -0.2) is 19.6 Å². The summed E-state index contributed by atoms with van der Waals surface area (Å²) >= 11 is 0. The Hall–Kier alpha value is -4.54. The van der Waals surface area contributed by atoms with E-state index in [1.54, 1.807) is 18.6 Å². The number of aromatic nitrogens is 4. The molecule has 2 aromatic heterocycles. The first kappa shape index (κ1) is 34.0. The maximum atomic E-state index is 12.8. The Kier molecular flexibility index (Phi) is 10.7. The highest BCUT2D eigenvalue weighted by atomic mass is 19.4. The highest BCUT2D eigenvalue weighted by molar-refractivity contribution is 5.92. The van der Waals surface area contributed by atoms with Crippen LogP contribution in [0.25, 0.3) is 11.3 Å². The zero-order valence-electron chi connectivity index (χ0n) is 23.2. The van der Waals surface area contributed by atoms with E-state index in [9.17, 15) is 31.1 Å². The lowest BCUT2D eigenvalue weighted by molar-refractivity contribution is -0.193. The highest BCUT2D eigenvalue weighted by Crippen LogP contribution is 2.42. The minimum absolute atomic E-state index is 0.0369. The zero-order chi connectivity index (χ0) is 32.7. The molecule has 2 aliphatic rings. The van der Waals surface area contributed by atoms with Crippen LogP contribution in [0.1, 0.15) is 36.1 Å². The zero-order valence-corrected chi connectivity index (χ0v) is 23.2. The highest BCUT2D eigenvalue weighted by Gasteiger charge is 2.47. The molecule has 2 aliphatic heterocycles. The fourth-order valence-electron chi connectivity index (χ4n) is 5.04. The number of carbonyl (C=O) groups excluding carboxylic acids is 1. The predicted octanol–water partition coefficient (Wildman–Crippen LogP) is 4.07. The monoisotopic (exact) mass is 630 g/mol. The number of carboxylic acids is 2. The molecule has 0 radical (unpaired) electrons. The SMILES string of the molecule is CCN1CCn2c(-c3ccccc3)cnc2C12CCN(C(=O)c1cnccn1)CC2.O=C(O)C(F)(F)F.O=C(O)C(F)(F)F. The lowest BCUT2D eigenvalue weighted by Gasteiger charge is -2.50. The molecule has 0 saturated carbocycles. The van der Waals surface area contributed by atoms with Crippen molar-refractivity contribution in [1.82, 2.24) is 29.3 Å². The number of rotatable bonds is 3. The van der Waals surface area contributed by atoms with Gasteiger partial charge in [0.25, 0.3) is 5.91 Å². The van der Waals surface area contributed by atoms with Crippen LogP contribution in [0.15, 0.2) is 55.1 Å². The molecule has 3 aromatic rings. The van der Waals surface area contributed by atoms with Gasteiger partial charge in [0.15, 0.2) is 0 Å². The Labute approximate surface area is 246 Å². The van der Waals surface area contributed by atoms with Gasteiger partial charge in [0.1, 0.15) is 11.5 Å². The van der Waals surface area contributed by atoms with E-state index in [4.69, 9.17) is 24.8 Å². The molecule has 1 aromatic carbocycles. The Morgan fingerprint density at radius 3 is 1.89 bits per heavy atom. The van der Waals surface area contributed by atoms with E-state index in [1.165, 1.54) is 11.3 Å². The van der Waals surface area contributed by atoms with Crippen LogP contribution in [0.4, 0.5) is 26.3 Å². The summed E-state index contributed by atoms with van der Waals surface area (Å²) in [6, 6.07) is 10.5. The second kappa shape index (κ2) is 13.8. The third kappa shape index (κ3) is 7.89. The van der Waals surface area contributed by atoms with Crippen LogP contribution < -0.4 is 0 Å². The van der Waals surface area contributed by atoms with E-state index in [-0.39, 0.29) is 11.4 Å². The van der Waals surface area contributed by atoms with Crippen molar-refractivity contribution in [3.05, 3.63) is 66.6 Å². The van der Waals surface area contributed by atoms with E-state index in [0.717, 1.165) is 38.3 Å². The van der Waals surface area contributed by atoms with Crippen LogP contribution in [-0.4, -0.2) is 95.9 Å². The molecular weight excluding hydrogens is 602 g/mol. The Morgan fingerprint density at radius 2 is 1.41 bits per heavy atom. The van der Waals surface area contributed by atoms with Gasteiger partial charge >= 0.3 is 24.3 Å². The fraction of sp³-hybridized carbons (Fsp3) is 0.407. The summed E-state index contributed by atoms with van der Waals surface area (Å²) in [7, 11) is 0. The molecule has 5 rings (SSSR count). The van der Waals surface area contributed by atoms with Crippen LogP contribution in [0, 0.1) is 0 Å². The standard InChI is InChI=1S/C23H26N6O.2C2HF3O2/c1-2-28-14-15-29-20(18-6-4-3-5-7-18)17-26-22(29)23(28)8-12-27(13-9-23)21(30)19-16-24-10-11-25-19;2*3-2(4,5)1(6)7/h3-7,10-11,16-17H,2,8-9,12-15H2,1H3;2*(H,6,7). The summed E-state index contributed by atoms with van der Waals surface area (Å²) in [6.07, 6.45) is -1.70. The molecule has 4 heterocycles. The third-order valence-corrected chi connectivity index (χ3v) is 7.07. The molecule has 1 spiro atoms. The number of carboxylic acid groups (broad SMARTS) is 2. The summed E-state index contributed by atoms with van der Waals surface area (Å²) < 4.78 is 65.9. The van der Waals surface area contributed by atoms with Gasteiger partial charge in [-0.2, -0.15) is 26.3 Å². The van der Waals surface area contributed by atoms with Gasteiger partial charge < -0.3 is 19.7 Å². The Balaban J connectivity index is 0.000000317. The number of hydrogen-bond donors (Lipinski definition) is 2. The Bertz CT molecular complexity index is 1400. The van der Waals surface area contributed by atoms with E-state index >= 15 is 0 Å². The molecule has 11 nitrogen and oxygen atoms in total. The number of carbonyl (C=O) groups is 3. The number of imidazole rings is 1. The van der Waals surface area contributed by atoms with Gasteiger partial charge in [-0.05, 0) is 24.9 Å². The topological polar surface area (TPSA) is 142 Å². The largest absolute Gasteiger partial charge is 0.490 e. The van der Waals surface area contributed by atoms with Gasteiger partial charge in [0, 0.05) is 38.6 Å². The quantitative estimate of drug-likeness (QED) is 0.410. The lowest BCUT2D eigenvalue weighted by atomic mass is 9.83. The van der Waals surface area contributed by atoms with E-state index in [0.29, 0.717) is 18.8 Å². The minimum atomic E-state index is -5.08. The van der Waals surface area contributed by atoms with Crippen LogP contribution in [-0.2, 0) is 21.7 Å². The van der Waals surface area contributed by atoms with Crippen LogP contribution >= 0.6 is 0 Å². The molecule has 1 amide bonds. The molecule has 17 heteroatoms. The number of nitrogens with zero attached hydrogens (tertiary/aromatic N) is 6. The molecule has 0 aliphatic carbocycles. The summed E-state index contributed by atoms with van der Waals surface area (Å²) in [4.78, 5) is 48.2. The van der Waals surface area contributed by atoms with Crippen molar-refractivity contribution >= 4 is 17.8 Å². The first-order valence-electron chi connectivity index (χ1n) is 13.1. The second-order valence-corrected chi connectivity index (χ2v) is 9.58. The van der Waals surface area contributed by atoms with E-state index in [1.807, 2.05) is 17.2 Å².